The lowest BCUT2D eigenvalue weighted by Crippen LogP contribution is -2.17. The summed E-state index contributed by atoms with van der Waals surface area (Å²) in [5.74, 6) is 1.39. The average Bonchev–Trinajstić information content (AvgIpc) is 3.65. The molecule has 2 N–H and O–H groups in total. The predicted molar refractivity (Wildman–Crippen MR) is 192 cm³/mol. The number of fused-ring (bicyclic) bond motifs is 3. The van der Waals surface area contributed by atoms with Crippen LogP contribution in [0.3, 0.4) is 0 Å². The van der Waals surface area contributed by atoms with Crippen LogP contribution in [0.25, 0.3) is 21.9 Å². The Balaban J connectivity index is 1.20. The van der Waals surface area contributed by atoms with E-state index in [1.807, 2.05) is 9.41 Å². The second-order valence-corrected chi connectivity index (χ2v) is 15.2. The second-order valence-electron chi connectivity index (χ2n) is 12.9. The molecule has 0 amide bonds. The van der Waals surface area contributed by atoms with E-state index in [1.165, 1.54) is 82.4 Å². The molecule has 248 valence electrons. The molecule has 45 heavy (non-hydrogen) atoms. The second kappa shape index (κ2) is 19.1. The Morgan fingerprint density at radius 1 is 0.778 bits per heavy atom. The minimum absolute atomic E-state index is 0.220. The molecule has 4 aromatic rings. The van der Waals surface area contributed by atoms with Gasteiger partial charge in [-0.25, -0.2) is 9.97 Å². The molecule has 0 fully saturated rings. The average molecular weight is 636 g/mol. The fourth-order valence-electron chi connectivity index (χ4n) is 6.01. The van der Waals surface area contributed by atoms with Crippen molar-refractivity contribution in [3.63, 3.8) is 0 Å². The Morgan fingerprint density at radius 2 is 1.47 bits per heavy atom. The summed E-state index contributed by atoms with van der Waals surface area (Å²) in [5, 5.41) is 11.2. The van der Waals surface area contributed by atoms with Crippen LogP contribution in [0, 0.1) is 0 Å². The van der Waals surface area contributed by atoms with E-state index in [-0.39, 0.29) is 7.92 Å². The Bertz CT molecular complexity index is 1430. The summed E-state index contributed by atoms with van der Waals surface area (Å²) in [5.41, 5.74) is 10.1. The summed E-state index contributed by atoms with van der Waals surface area (Å²) in [6, 6.07) is 6.54. The van der Waals surface area contributed by atoms with Gasteiger partial charge in [-0.3, -0.25) is 4.68 Å². The molecule has 0 aliphatic rings. The van der Waals surface area contributed by atoms with Crippen molar-refractivity contribution in [2.24, 2.45) is 0 Å². The number of imidazole rings is 1. The van der Waals surface area contributed by atoms with Crippen LogP contribution in [-0.2, 0) is 19.4 Å². The van der Waals surface area contributed by atoms with E-state index in [2.05, 4.69) is 61.9 Å². The lowest BCUT2D eigenvalue weighted by atomic mass is 10.0. The third-order valence-electron chi connectivity index (χ3n) is 8.77. The molecule has 3 aromatic heterocycles. The van der Waals surface area contributed by atoms with E-state index in [0.29, 0.717) is 12.4 Å². The monoisotopic (exact) mass is 635 g/mol. The predicted octanol–water partition coefficient (Wildman–Crippen LogP) is 8.62. The molecule has 1 aromatic carbocycles. The minimum atomic E-state index is -0.220. The van der Waals surface area contributed by atoms with Crippen molar-refractivity contribution in [3.8, 4) is 0 Å². The van der Waals surface area contributed by atoms with Gasteiger partial charge in [0.05, 0.1) is 11.2 Å². The molecule has 3 heterocycles. The number of unbranched alkanes of at least 4 members (excludes halogenated alkanes) is 13. The molecule has 0 spiro atoms. The van der Waals surface area contributed by atoms with Gasteiger partial charge in [0, 0.05) is 24.5 Å². The fraction of sp³-hybridized carbons (Fsp3) is 0.667. The van der Waals surface area contributed by atoms with Crippen LogP contribution in [0.2, 0.25) is 0 Å². The number of aromatic nitrogens is 6. The summed E-state index contributed by atoms with van der Waals surface area (Å²) >= 11 is 0. The largest absolute Gasteiger partial charge is 0.412 e. The van der Waals surface area contributed by atoms with Crippen molar-refractivity contribution in [2.75, 3.05) is 25.7 Å². The van der Waals surface area contributed by atoms with E-state index < -0.39 is 0 Å². The normalized spacial score (nSPS) is 11.8. The Hall–Kier alpha value is -2.73. The highest BCUT2D eigenvalue weighted by atomic mass is 31.1. The van der Waals surface area contributed by atoms with Crippen LogP contribution in [0.1, 0.15) is 128 Å². The molecule has 0 atom stereocenters. The smallest absolute Gasteiger partial charge is 0.152 e. The van der Waals surface area contributed by atoms with Gasteiger partial charge in [0.2, 0.25) is 0 Å². The molecular formula is C36H58N7OP. The van der Waals surface area contributed by atoms with Gasteiger partial charge in [0.25, 0.3) is 0 Å². The zero-order chi connectivity index (χ0) is 31.9. The van der Waals surface area contributed by atoms with E-state index in [1.54, 1.807) is 0 Å². The highest BCUT2D eigenvalue weighted by Gasteiger charge is 2.19. The fourth-order valence-corrected chi connectivity index (χ4v) is 6.77. The molecule has 4 rings (SSSR count). The van der Waals surface area contributed by atoms with Crippen LogP contribution >= 0.6 is 7.92 Å². The van der Waals surface area contributed by atoms with E-state index >= 15 is 0 Å². The number of benzene rings is 1. The molecule has 0 saturated carbocycles. The first-order valence-electron chi connectivity index (χ1n) is 17.8. The number of hydrogen-bond donors (Lipinski definition) is 1. The number of hydrogen-bond acceptors (Lipinski definition) is 6. The first kappa shape index (κ1) is 35.1. The quantitative estimate of drug-likeness (QED) is 0.0648. The number of nitrogens with zero attached hydrogens (tertiary/aromatic N) is 6. The van der Waals surface area contributed by atoms with Gasteiger partial charge in [-0.1, -0.05) is 110 Å². The molecule has 0 saturated heterocycles. The Kier molecular flexibility index (Phi) is 14.9. The Labute approximate surface area is 272 Å². The lowest BCUT2D eigenvalue weighted by molar-refractivity contribution is 0.108. The molecule has 8 nitrogen and oxygen atoms in total. The van der Waals surface area contributed by atoms with E-state index in [0.717, 1.165) is 78.5 Å². The van der Waals surface area contributed by atoms with Crippen LogP contribution in [0.5, 0.6) is 0 Å². The molecule has 9 heteroatoms. The number of nitrogen functional groups attached to an aromatic ring is 1. The maximum Gasteiger partial charge on any atom is 0.152 e. The topological polar surface area (TPSA) is 96.7 Å². The highest BCUT2D eigenvalue weighted by Crippen LogP contribution is 2.31. The van der Waals surface area contributed by atoms with Crippen molar-refractivity contribution >= 4 is 41.0 Å². The highest BCUT2D eigenvalue weighted by molar-refractivity contribution is 7.64. The number of anilines is 1. The first-order valence-corrected chi connectivity index (χ1v) is 20.1. The van der Waals surface area contributed by atoms with Crippen molar-refractivity contribution in [1.29, 1.82) is 0 Å². The van der Waals surface area contributed by atoms with Crippen molar-refractivity contribution in [2.45, 2.75) is 136 Å². The number of rotatable bonds is 23. The number of aryl methyl sites for hydroxylation is 3. The third kappa shape index (κ3) is 10.7. The summed E-state index contributed by atoms with van der Waals surface area (Å²) in [7, 11) is -0.220. The van der Waals surface area contributed by atoms with Crippen molar-refractivity contribution < 1.29 is 4.84 Å². The van der Waals surface area contributed by atoms with Crippen molar-refractivity contribution in [3.05, 3.63) is 35.9 Å². The van der Waals surface area contributed by atoms with Gasteiger partial charge >= 0.3 is 0 Å². The van der Waals surface area contributed by atoms with Gasteiger partial charge in [-0.05, 0) is 62.9 Å². The standard InChI is InChI=1S/C36H58N7OP/c1-5-7-9-10-11-12-13-14-15-16-17-18-21-29-28-42(41-40-29)25-19-20-26-44-43-33(22-8-6-2)39-34-35(43)31-24-23-30(45(3)4)27-32(31)38-36(34)37/h23-24,27-28H,5-22,25-26H2,1-4H3,(H2,37,38). The maximum absolute atomic E-state index is 6.43. The van der Waals surface area contributed by atoms with E-state index in [4.69, 9.17) is 20.5 Å². The molecule has 0 bridgehead atoms. The molecular weight excluding hydrogens is 577 g/mol. The molecule has 0 unspecified atom stereocenters. The minimum Gasteiger partial charge on any atom is -0.412 e. The van der Waals surface area contributed by atoms with Gasteiger partial charge in [-0.2, -0.15) is 4.73 Å². The summed E-state index contributed by atoms with van der Waals surface area (Å²) in [4.78, 5) is 16.0. The SMILES string of the molecule is CCCCCCCCCCCCCCc1cn(CCCCOn2c(CCCC)nc3c(N)nc4cc(P(C)C)ccc4c32)nn1. The summed E-state index contributed by atoms with van der Waals surface area (Å²) in [6.07, 6.45) is 24.5. The first-order chi connectivity index (χ1) is 22.0. The number of nitrogens with two attached hydrogens (primary N) is 1. The molecule has 0 aliphatic carbocycles. The maximum atomic E-state index is 6.43. The molecule has 0 aliphatic heterocycles. The van der Waals surface area contributed by atoms with Gasteiger partial charge in [0.15, 0.2) is 5.82 Å². The van der Waals surface area contributed by atoms with Crippen LogP contribution in [0.15, 0.2) is 24.4 Å². The van der Waals surface area contributed by atoms with Crippen molar-refractivity contribution in [1.82, 2.24) is 29.7 Å². The van der Waals surface area contributed by atoms with Crippen LogP contribution < -0.4 is 15.9 Å². The summed E-state index contributed by atoms with van der Waals surface area (Å²) in [6.45, 7) is 10.4. The van der Waals surface area contributed by atoms with Gasteiger partial charge in [0.1, 0.15) is 23.5 Å². The van der Waals surface area contributed by atoms with Gasteiger partial charge in [-0.15, -0.1) is 5.10 Å². The van der Waals surface area contributed by atoms with Gasteiger partial charge < -0.3 is 10.6 Å². The van der Waals surface area contributed by atoms with Crippen LogP contribution in [0.4, 0.5) is 5.82 Å². The zero-order valence-electron chi connectivity index (χ0n) is 28.6. The van der Waals surface area contributed by atoms with E-state index in [9.17, 15) is 0 Å². The lowest BCUT2D eigenvalue weighted by Gasteiger charge is -2.13. The molecule has 0 radical (unpaired) electrons. The third-order valence-corrected chi connectivity index (χ3v) is 10.1. The Morgan fingerprint density at radius 3 is 2.16 bits per heavy atom. The number of pyridine rings is 1. The summed E-state index contributed by atoms with van der Waals surface area (Å²) < 4.78 is 3.93. The zero-order valence-corrected chi connectivity index (χ0v) is 29.5. The van der Waals surface area contributed by atoms with Crippen LogP contribution in [-0.4, -0.2) is 49.6 Å².